The molecule has 6 N–H and O–H groups in total. The van der Waals surface area contributed by atoms with Gasteiger partial charge in [0.05, 0.1) is 37.0 Å². The Morgan fingerprint density at radius 3 is 2.35 bits per heavy atom. The van der Waals surface area contributed by atoms with Crippen LogP contribution in [-0.4, -0.2) is 185 Å². The van der Waals surface area contributed by atoms with E-state index in [1.54, 1.807) is 37.8 Å². The Kier molecular flexibility index (Phi) is 13.1. The minimum absolute atomic E-state index is 0.124. The van der Waals surface area contributed by atoms with Crippen LogP contribution >= 0.6 is 0 Å². The zero-order valence-electron chi connectivity index (χ0n) is 32.0. The van der Waals surface area contributed by atoms with Crippen molar-refractivity contribution in [1.82, 2.24) is 25.3 Å². The van der Waals surface area contributed by atoms with Crippen molar-refractivity contribution in [3.05, 3.63) is 29.8 Å². The van der Waals surface area contributed by atoms with Crippen molar-refractivity contribution < 1.29 is 53.8 Å². The molecular weight excluding hydrogens is 704 g/mol. The monoisotopic (exact) mass is 762 g/mol. The van der Waals surface area contributed by atoms with E-state index in [9.17, 15) is 39.6 Å². The topological polar surface area (TPSA) is 214 Å². The highest BCUT2D eigenvalue weighted by atomic mass is 16.6. The van der Waals surface area contributed by atoms with E-state index in [1.165, 1.54) is 6.92 Å². The van der Waals surface area contributed by atoms with Gasteiger partial charge < -0.3 is 60.0 Å². The molecule has 0 aliphatic carbocycles. The standard InChI is InChI=1S/C37H58N6O11/c1-24(44)39-29-27(45)20-37(33(49)50,11-13-43-18-19-52-23-36(43)10-12-42(22-36)34(51)54-35(2,3)4)53-31(29)30(47)28(46)21-38-32(48)25-6-8-26(9-7-25)41-16-14-40(5)15-17-41/h6-9,27-31,45-47H,10-23H2,1-5H3,(H,38,48)(H,39,44)(H,49,50)/t27-,28+,29+,30+,31+,36-,37+/m0/s1. The average Bonchev–Trinajstić information content (AvgIpc) is 3.54. The van der Waals surface area contributed by atoms with E-state index in [2.05, 4.69) is 32.4 Å². The summed E-state index contributed by atoms with van der Waals surface area (Å²) in [4.78, 5) is 59.3. The van der Waals surface area contributed by atoms with Gasteiger partial charge in [-0.05, 0) is 58.5 Å². The van der Waals surface area contributed by atoms with Gasteiger partial charge in [-0.25, -0.2) is 9.59 Å². The minimum atomic E-state index is -2.02. The normalized spacial score (nSPS) is 29.4. The summed E-state index contributed by atoms with van der Waals surface area (Å²) < 4.78 is 17.6. The highest BCUT2D eigenvalue weighted by Crippen LogP contribution is 2.38. The first-order valence-corrected chi connectivity index (χ1v) is 18.8. The van der Waals surface area contributed by atoms with Crippen LogP contribution in [0.3, 0.4) is 0 Å². The summed E-state index contributed by atoms with van der Waals surface area (Å²) in [6.45, 7) is 11.9. The molecule has 0 radical (unpaired) electrons. The van der Waals surface area contributed by atoms with Gasteiger partial charge in [0.2, 0.25) is 5.91 Å². The number of aliphatic hydroxyl groups is 3. The number of aliphatic hydroxyl groups excluding tert-OH is 3. The molecule has 3 amide bonds. The number of hydrogen-bond acceptors (Lipinski definition) is 13. The molecule has 4 aliphatic rings. The molecule has 0 aromatic heterocycles. The molecule has 1 aromatic carbocycles. The summed E-state index contributed by atoms with van der Waals surface area (Å²) in [5.74, 6) is -2.44. The third-order valence-electron chi connectivity index (χ3n) is 10.9. The largest absolute Gasteiger partial charge is 0.479 e. The van der Waals surface area contributed by atoms with Crippen LogP contribution in [0, 0.1) is 0 Å². The number of carboxylic acid groups (broad SMARTS) is 1. The maximum Gasteiger partial charge on any atom is 0.410 e. The van der Waals surface area contributed by atoms with Gasteiger partial charge in [-0.2, -0.15) is 0 Å². The third-order valence-corrected chi connectivity index (χ3v) is 10.9. The number of hydrogen-bond donors (Lipinski definition) is 6. The molecule has 17 nitrogen and oxygen atoms in total. The van der Waals surface area contributed by atoms with Crippen LogP contribution < -0.4 is 15.5 Å². The maximum atomic E-state index is 13.0. The smallest absolute Gasteiger partial charge is 0.410 e. The lowest BCUT2D eigenvalue weighted by atomic mass is 9.81. The molecular formula is C37H58N6O11. The molecule has 54 heavy (non-hydrogen) atoms. The van der Waals surface area contributed by atoms with Crippen molar-refractivity contribution in [3.63, 3.8) is 0 Å². The average molecular weight is 763 g/mol. The van der Waals surface area contributed by atoms with Gasteiger partial charge >= 0.3 is 12.1 Å². The molecule has 4 heterocycles. The number of amides is 3. The molecule has 5 rings (SSSR count). The first-order valence-electron chi connectivity index (χ1n) is 18.8. The molecule has 0 bridgehead atoms. The van der Waals surface area contributed by atoms with Crippen molar-refractivity contribution in [2.24, 2.45) is 0 Å². The number of nitrogens with one attached hydrogen (secondary N) is 2. The number of ether oxygens (including phenoxy) is 3. The Morgan fingerprint density at radius 2 is 1.72 bits per heavy atom. The Labute approximate surface area is 316 Å². The number of likely N-dealkylation sites (N-methyl/N-ethyl adjacent to an activating group) is 1. The summed E-state index contributed by atoms with van der Waals surface area (Å²) in [6, 6.07) is 5.81. The van der Waals surface area contributed by atoms with E-state index in [1.807, 2.05) is 12.1 Å². The van der Waals surface area contributed by atoms with Crippen LogP contribution in [0.4, 0.5) is 10.5 Å². The molecule has 4 fully saturated rings. The lowest BCUT2D eigenvalue weighted by molar-refractivity contribution is -0.231. The van der Waals surface area contributed by atoms with Gasteiger partial charge in [-0.15, -0.1) is 0 Å². The quantitative estimate of drug-likeness (QED) is 0.167. The third kappa shape index (κ3) is 9.80. The number of likely N-dealkylation sites (tertiary alicyclic amines) is 1. The van der Waals surface area contributed by atoms with Gasteiger partial charge in [-0.3, -0.25) is 14.5 Å². The van der Waals surface area contributed by atoms with Crippen LogP contribution in [0.1, 0.15) is 57.3 Å². The van der Waals surface area contributed by atoms with Crippen LogP contribution in [0.15, 0.2) is 24.3 Å². The second-order valence-corrected chi connectivity index (χ2v) is 16.2. The zero-order chi connectivity index (χ0) is 39.4. The fourth-order valence-corrected chi connectivity index (χ4v) is 7.84. The number of aliphatic carboxylic acids is 1. The number of morpholine rings is 1. The van der Waals surface area contributed by atoms with Crippen molar-refractivity contribution in [2.75, 3.05) is 84.1 Å². The summed E-state index contributed by atoms with van der Waals surface area (Å²) >= 11 is 0. The fourth-order valence-electron chi connectivity index (χ4n) is 7.84. The molecule has 7 atom stereocenters. The van der Waals surface area contributed by atoms with Crippen LogP contribution in [-0.2, 0) is 23.8 Å². The van der Waals surface area contributed by atoms with Crippen molar-refractivity contribution in [3.8, 4) is 0 Å². The summed E-state index contributed by atoms with van der Waals surface area (Å²) in [7, 11) is 2.07. The predicted molar refractivity (Wildman–Crippen MR) is 196 cm³/mol. The molecule has 0 unspecified atom stereocenters. The second-order valence-electron chi connectivity index (χ2n) is 16.2. The van der Waals surface area contributed by atoms with E-state index < -0.39 is 84.0 Å². The van der Waals surface area contributed by atoms with E-state index in [4.69, 9.17) is 14.2 Å². The lowest BCUT2D eigenvalue weighted by Crippen LogP contribution is -2.68. The summed E-state index contributed by atoms with van der Waals surface area (Å²) in [5, 5.41) is 49.6. The molecule has 4 saturated heterocycles. The first kappa shape index (κ1) is 41.6. The van der Waals surface area contributed by atoms with Crippen molar-refractivity contribution in [1.29, 1.82) is 0 Å². The van der Waals surface area contributed by atoms with Gasteiger partial charge in [-0.1, -0.05) is 0 Å². The number of carbonyl (C=O) groups excluding carboxylic acids is 3. The second kappa shape index (κ2) is 17.1. The summed E-state index contributed by atoms with van der Waals surface area (Å²) in [6.07, 6.45) is -6.91. The molecule has 4 aliphatic heterocycles. The van der Waals surface area contributed by atoms with Gasteiger partial charge in [0.1, 0.15) is 17.8 Å². The number of anilines is 1. The minimum Gasteiger partial charge on any atom is -0.479 e. The van der Waals surface area contributed by atoms with Gasteiger partial charge in [0, 0.05) is 89.9 Å². The first-order chi connectivity index (χ1) is 25.4. The number of benzene rings is 1. The lowest BCUT2D eigenvalue weighted by Gasteiger charge is -2.49. The van der Waals surface area contributed by atoms with Crippen LogP contribution in [0.25, 0.3) is 0 Å². The SMILES string of the molecule is CC(=O)N[C@H]1[C@H]([C@H](O)[C@H](O)CNC(=O)c2ccc(N3CCN(C)CC3)cc2)O[C@@](CCN2CCOC[C@@]23CCN(C(=O)OC(C)(C)C)C3)(C(=O)O)C[C@@H]1O. The highest BCUT2D eigenvalue weighted by molar-refractivity contribution is 5.94. The van der Waals surface area contributed by atoms with E-state index in [-0.39, 0.29) is 13.0 Å². The van der Waals surface area contributed by atoms with Crippen molar-refractivity contribution >= 4 is 29.6 Å². The zero-order valence-corrected chi connectivity index (χ0v) is 32.0. The number of nitrogens with zero attached hydrogens (tertiary/aromatic N) is 4. The molecule has 302 valence electrons. The Hall–Kier alpha value is -3.58. The number of piperazine rings is 1. The Bertz CT molecular complexity index is 1490. The van der Waals surface area contributed by atoms with E-state index in [0.29, 0.717) is 44.8 Å². The number of carbonyl (C=O) groups is 4. The molecule has 0 saturated carbocycles. The fraction of sp³-hybridized carbons (Fsp3) is 0.730. The van der Waals surface area contributed by atoms with Crippen molar-refractivity contribution in [2.45, 2.75) is 94.2 Å². The van der Waals surface area contributed by atoms with Gasteiger partial charge in [0.15, 0.2) is 5.60 Å². The van der Waals surface area contributed by atoms with Gasteiger partial charge in [0.25, 0.3) is 5.91 Å². The van der Waals surface area contributed by atoms with Crippen LogP contribution in [0.5, 0.6) is 0 Å². The highest BCUT2D eigenvalue weighted by Gasteiger charge is 2.55. The summed E-state index contributed by atoms with van der Waals surface area (Å²) in [5.41, 5.74) is -1.95. The maximum absolute atomic E-state index is 13.0. The molecule has 1 spiro atoms. The Morgan fingerprint density at radius 1 is 1.04 bits per heavy atom. The predicted octanol–water partition coefficient (Wildman–Crippen LogP) is -0.530. The molecule has 17 heteroatoms. The van der Waals surface area contributed by atoms with E-state index in [0.717, 1.165) is 31.9 Å². The molecule has 1 aromatic rings. The number of carboxylic acids is 1. The van der Waals surface area contributed by atoms with E-state index >= 15 is 0 Å². The number of rotatable bonds is 11. The Balaban J connectivity index is 1.25. The van der Waals surface area contributed by atoms with Crippen LogP contribution in [0.2, 0.25) is 0 Å².